The average Bonchev–Trinajstić information content (AvgIpc) is 2.54. The topological polar surface area (TPSA) is 63.3 Å². The zero-order valence-corrected chi connectivity index (χ0v) is 14.3. The molecule has 2 rings (SSSR count). The molecule has 122 valence electrons. The lowest BCUT2D eigenvalue weighted by atomic mass is 9.85. The van der Waals surface area contributed by atoms with Crippen LogP contribution in [0, 0.1) is 0 Å². The van der Waals surface area contributed by atoms with Gasteiger partial charge in [-0.25, -0.2) is 0 Å². The summed E-state index contributed by atoms with van der Waals surface area (Å²) in [7, 11) is 0. The Morgan fingerprint density at radius 3 is 2.61 bits per heavy atom. The molecule has 0 unspecified atom stereocenters. The summed E-state index contributed by atoms with van der Waals surface area (Å²) in [4.78, 5) is 8.73. The SMILES string of the molecule is CC(C)(CN=C(N)NCCc1ccccn1)c1ccc(Cl)cc1. The second kappa shape index (κ2) is 7.97. The third-order valence-corrected chi connectivity index (χ3v) is 3.94. The Balaban J connectivity index is 1.84. The zero-order valence-electron chi connectivity index (χ0n) is 13.6. The van der Waals surface area contributed by atoms with Crippen LogP contribution in [0.15, 0.2) is 53.7 Å². The minimum atomic E-state index is -0.0993. The van der Waals surface area contributed by atoms with Crippen molar-refractivity contribution in [2.45, 2.75) is 25.7 Å². The number of nitrogens with two attached hydrogens (primary N) is 1. The zero-order chi connectivity index (χ0) is 16.7. The van der Waals surface area contributed by atoms with Crippen molar-refractivity contribution in [3.8, 4) is 0 Å². The Bertz CT molecular complexity index is 636. The number of guanidine groups is 1. The van der Waals surface area contributed by atoms with Crippen LogP contribution in [0.2, 0.25) is 5.02 Å². The summed E-state index contributed by atoms with van der Waals surface area (Å²) in [5.74, 6) is 0.461. The second-order valence-corrected chi connectivity index (χ2v) is 6.53. The minimum absolute atomic E-state index is 0.0993. The maximum atomic E-state index is 5.94. The van der Waals surface area contributed by atoms with Crippen molar-refractivity contribution in [2.24, 2.45) is 10.7 Å². The van der Waals surface area contributed by atoms with Crippen LogP contribution in [-0.2, 0) is 11.8 Å². The monoisotopic (exact) mass is 330 g/mol. The van der Waals surface area contributed by atoms with E-state index >= 15 is 0 Å². The number of halogens is 1. The standard InChI is InChI=1S/C18H23ClN4/c1-18(2,14-6-8-15(19)9-7-14)13-23-17(20)22-12-10-16-5-3-4-11-21-16/h3-9,11H,10,12-13H2,1-2H3,(H3,20,22,23). The van der Waals surface area contributed by atoms with Crippen LogP contribution in [0.1, 0.15) is 25.1 Å². The third kappa shape index (κ3) is 5.57. The van der Waals surface area contributed by atoms with E-state index in [2.05, 4.69) is 29.1 Å². The van der Waals surface area contributed by atoms with E-state index in [1.165, 1.54) is 5.56 Å². The van der Waals surface area contributed by atoms with Gasteiger partial charge in [0.05, 0.1) is 6.54 Å². The maximum absolute atomic E-state index is 5.94. The van der Waals surface area contributed by atoms with E-state index < -0.39 is 0 Å². The predicted molar refractivity (Wildman–Crippen MR) is 96.9 cm³/mol. The highest BCUT2D eigenvalue weighted by Gasteiger charge is 2.20. The summed E-state index contributed by atoms with van der Waals surface area (Å²) < 4.78 is 0. The average molecular weight is 331 g/mol. The van der Waals surface area contributed by atoms with Gasteiger partial charge in [0.15, 0.2) is 5.96 Å². The number of aromatic nitrogens is 1. The van der Waals surface area contributed by atoms with Gasteiger partial charge in [0.1, 0.15) is 0 Å². The van der Waals surface area contributed by atoms with Gasteiger partial charge in [-0.15, -0.1) is 0 Å². The van der Waals surface area contributed by atoms with Gasteiger partial charge >= 0.3 is 0 Å². The molecule has 1 aromatic carbocycles. The van der Waals surface area contributed by atoms with Gasteiger partial charge in [0.2, 0.25) is 0 Å². The highest BCUT2D eigenvalue weighted by molar-refractivity contribution is 6.30. The molecule has 5 heteroatoms. The maximum Gasteiger partial charge on any atom is 0.188 e. The quantitative estimate of drug-likeness (QED) is 0.631. The van der Waals surface area contributed by atoms with E-state index in [-0.39, 0.29) is 5.41 Å². The van der Waals surface area contributed by atoms with Crippen LogP contribution < -0.4 is 11.1 Å². The molecule has 23 heavy (non-hydrogen) atoms. The van der Waals surface area contributed by atoms with Crippen molar-refractivity contribution in [1.82, 2.24) is 10.3 Å². The number of nitrogens with zero attached hydrogens (tertiary/aromatic N) is 2. The van der Waals surface area contributed by atoms with Crippen molar-refractivity contribution >= 4 is 17.6 Å². The molecule has 0 saturated carbocycles. The molecule has 0 aliphatic heterocycles. The lowest BCUT2D eigenvalue weighted by molar-refractivity contribution is 0.539. The second-order valence-electron chi connectivity index (χ2n) is 6.09. The molecule has 0 aliphatic rings. The van der Waals surface area contributed by atoms with Crippen molar-refractivity contribution in [3.63, 3.8) is 0 Å². The molecule has 0 radical (unpaired) electrons. The van der Waals surface area contributed by atoms with Gasteiger partial charge < -0.3 is 11.1 Å². The number of hydrogen-bond acceptors (Lipinski definition) is 2. The molecular weight excluding hydrogens is 308 g/mol. The Kier molecular flexibility index (Phi) is 5.99. The van der Waals surface area contributed by atoms with E-state index in [1.807, 2.05) is 42.5 Å². The fraction of sp³-hybridized carbons (Fsp3) is 0.333. The largest absolute Gasteiger partial charge is 0.370 e. The molecule has 0 bridgehead atoms. The fourth-order valence-corrected chi connectivity index (χ4v) is 2.32. The fourth-order valence-electron chi connectivity index (χ4n) is 2.20. The van der Waals surface area contributed by atoms with Gasteiger partial charge in [-0.1, -0.05) is 43.6 Å². The molecule has 0 saturated heterocycles. The molecular formula is C18H23ClN4. The lowest BCUT2D eigenvalue weighted by Gasteiger charge is -2.23. The third-order valence-electron chi connectivity index (χ3n) is 3.68. The van der Waals surface area contributed by atoms with Crippen LogP contribution in [0.5, 0.6) is 0 Å². The number of aliphatic imine (C=N–C) groups is 1. The van der Waals surface area contributed by atoms with Crippen LogP contribution in [0.4, 0.5) is 0 Å². The van der Waals surface area contributed by atoms with Crippen molar-refractivity contribution in [2.75, 3.05) is 13.1 Å². The highest BCUT2D eigenvalue weighted by atomic mass is 35.5. The first kappa shape index (κ1) is 17.3. The van der Waals surface area contributed by atoms with Gasteiger partial charge in [-0.3, -0.25) is 9.98 Å². The predicted octanol–water partition coefficient (Wildman–Crippen LogP) is 3.16. The van der Waals surface area contributed by atoms with Crippen LogP contribution in [-0.4, -0.2) is 24.0 Å². The smallest absolute Gasteiger partial charge is 0.188 e. The molecule has 0 spiro atoms. The number of hydrogen-bond donors (Lipinski definition) is 2. The number of rotatable bonds is 6. The van der Waals surface area contributed by atoms with Gasteiger partial charge in [-0.05, 0) is 29.8 Å². The van der Waals surface area contributed by atoms with Crippen LogP contribution in [0.25, 0.3) is 0 Å². The number of nitrogens with one attached hydrogen (secondary N) is 1. The first-order valence-electron chi connectivity index (χ1n) is 7.67. The lowest BCUT2D eigenvalue weighted by Crippen LogP contribution is -2.35. The number of benzene rings is 1. The first-order valence-corrected chi connectivity index (χ1v) is 8.05. The Labute approximate surface area is 142 Å². The summed E-state index contributed by atoms with van der Waals surface area (Å²) in [6.07, 6.45) is 2.61. The molecule has 3 N–H and O–H groups in total. The molecule has 0 fully saturated rings. The summed E-state index contributed by atoms with van der Waals surface area (Å²) >= 11 is 5.93. The molecule has 1 aromatic heterocycles. The Hall–Kier alpha value is -2.07. The molecule has 1 heterocycles. The van der Waals surface area contributed by atoms with E-state index in [0.717, 1.165) is 17.1 Å². The molecule has 0 amide bonds. The molecule has 0 atom stereocenters. The molecule has 4 nitrogen and oxygen atoms in total. The summed E-state index contributed by atoms with van der Waals surface area (Å²) in [5, 5.41) is 3.87. The summed E-state index contributed by atoms with van der Waals surface area (Å²) in [6, 6.07) is 13.7. The Morgan fingerprint density at radius 1 is 1.22 bits per heavy atom. The first-order chi connectivity index (χ1) is 11.0. The van der Waals surface area contributed by atoms with E-state index in [0.29, 0.717) is 19.0 Å². The Morgan fingerprint density at radius 2 is 1.96 bits per heavy atom. The van der Waals surface area contributed by atoms with Gasteiger partial charge in [-0.2, -0.15) is 0 Å². The van der Waals surface area contributed by atoms with E-state index in [9.17, 15) is 0 Å². The van der Waals surface area contributed by atoms with Crippen molar-refractivity contribution in [1.29, 1.82) is 0 Å². The van der Waals surface area contributed by atoms with Gasteiger partial charge in [0, 0.05) is 35.3 Å². The van der Waals surface area contributed by atoms with E-state index in [1.54, 1.807) is 6.20 Å². The van der Waals surface area contributed by atoms with E-state index in [4.69, 9.17) is 17.3 Å². The molecule has 2 aromatic rings. The summed E-state index contributed by atoms with van der Waals surface area (Å²) in [6.45, 7) is 5.60. The van der Waals surface area contributed by atoms with Crippen molar-refractivity contribution in [3.05, 3.63) is 64.9 Å². The van der Waals surface area contributed by atoms with Crippen LogP contribution >= 0.6 is 11.6 Å². The normalized spacial score (nSPS) is 12.2. The summed E-state index contributed by atoms with van der Waals surface area (Å²) in [5.41, 5.74) is 8.07. The minimum Gasteiger partial charge on any atom is -0.370 e. The highest BCUT2D eigenvalue weighted by Crippen LogP contribution is 2.24. The number of pyridine rings is 1. The van der Waals surface area contributed by atoms with Crippen molar-refractivity contribution < 1.29 is 0 Å². The molecule has 0 aliphatic carbocycles. The van der Waals surface area contributed by atoms with Crippen LogP contribution in [0.3, 0.4) is 0 Å². The van der Waals surface area contributed by atoms with Gasteiger partial charge in [0.25, 0.3) is 0 Å².